The zero-order chi connectivity index (χ0) is 11.5. The highest BCUT2D eigenvalue weighted by molar-refractivity contribution is 5.65. The lowest BCUT2D eigenvalue weighted by molar-refractivity contribution is 0.268. The first-order valence-electron chi connectivity index (χ1n) is 5.80. The van der Waals surface area contributed by atoms with Crippen LogP contribution in [0.2, 0.25) is 0 Å². The second-order valence-electron chi connectivity index (χ2n) is 5.33. The predicted octanol–water partition coefficient (Wildman–Crippen LogP) is 1.76. The minimum absolute atomic E-state index is 0.164. The Balaban J connectivity index is 2.20. The molecule has 1 N–H and O–H groups in total. The fourth-order valence-electron chi connectivity index (χ4n) is 3.56. The molecule has 0 amide bonds. The van der Waals surface area contributed by atoms with Gasteiger partial charge in [0.25, 0.3) is 0 Å². The van der Waals surface area contributed by atoms with Crippen molar-refractivity contribution in [3.05, 3.63) is 23.8 Å². The Morgan fingerprint density at radius 2 is 2.12 bits per heavy atom. The van der Waals surface area contributed by atoms with Crippen LogP contribution in [-0.2, 0) is 5.41 Å². The number of rotatable bonds is 0. The van der Waals surface area contributed by atoms with Crippen molar-refractivity contribution in [2.24, 2.45) is 0 Å². The topological polar surface area (TPSA) is 26.7 Å². The van der Waals surface area contributed by atoms with E-state index in [1.165, 1.54) is 11.3 Å². The molecule has 1 aromatic carbocycles. The molecule has 2 heterocycles. The number of phenolic OH excluding ortho intramolecular Hbond substituents is 1. The van der Waals surface area contributed by atoms with Crippen molar-refractivity contribution in [2.45, 2.75) is 24.9 Å². The van der Waals surface area contributed by atoms with Crippen molar-refractivity contribution < 1.29 is 5.11 Å². The molecule has 0 aliphatic carbocycles. The van der Waals surface area contributed by atoms with Crippen molar-refractivity contribution in [2.75, 3.05) is 25.5 Å². The molecule has 2 aliphatic rings. The molecule has 0 radical (unpaired) electrons. The summed E-state index contributed by atoms with van der Waals surface area (Å²) in [5, 5.41) is 9.65. The van der Waals surface area contributed by atoms with Crippen LogP contribution in [0.25, 0.3) is 0 Å². The Morgan fingerprint density at radius 3 is 2.88 bits per heavy atom. The summed E-state index contributed by atoms with van der Waals surface area (Å²) >= 11 is 0. The highest BCUT2D eigenvalue weighted by Gasteiger charge is 2.52. The van der Waals surface area contributed by atoms with E-state index in [9.17, 15) is 5.11 Å². The first-order chi connectivity index (χ1) is 7.54. The number of likely N-dealkylation sites (tertiary alicyclic amines) is 1. The summed E-state index contributed by atoms with van der Waals surface area (Å²) in [6, 6.07) is 5.74. The SMILES string of the molecule is CN1CC[C@]2(C)c3cc(O)ccc3N(C)C12. The third-order valence-corrected chi connectivity index (χ3v) is 4.31. The van der Waals surface area contributed by atoms with Crippen molar-refractivity contribution in [1.82, 2.24) is 4.90 Å². The maximum atomic E-state index is 9.65. The standard InChI is InChI=1S/C13H18N2O/c1-13-6-7-14(2)12(13)15(3)11-5-4-9(16)8-10(11)13/h4-5,8,12,16H,6-7H2,1-3H3/t12?,13-/m1/s1. The highest BCUT2D eigenvalue weighted by atomic mass is 16.3. The molecule has 0 bridgehead atoms. The van der Waals surface area contributed by atoms with Crippen LogP contribution in [-0.4, -0.2) is 36.8 Å². The maximum absolute atomic E-state index is 9.65. The number of phenols is 1. The Morgan fingerprint density at radius 1 is 1.38 bits per heavy atom. The van der Waals surface area contributed by atoms with E-state index < -0.39 is 0 Å². The third-order valence-electron chi connectivity index (χ3n) is 4.31. The van der Waals surface area contributed by atoms with E-state index in [2.05, 4.69) is 30.8 Å². The molecule has 0 saturated carbocycles. The van der Waals surface area contributed by atoms with Gasteiger partial charge in [0.05, 0.1) is 6.17 Å². The summed E-state index contributed by atoms with van der Waals surface area (Å²) in [6.45, 7) is 3.43. The van der Waals surface area contributed by atoms with Gasteiger partial charge < -0.3 is 10.0 Å². The summed E-state index contributed by atoms with van der Waals surface area (Å²) in [6.07, 6.45) is 1.60. The number of anilines is 1. The second kappa shape index (κ2) is 2.92. The number of hydrogen-bond donors (Lipinski definition) is 1. The number of aromatic hydroxyl groups is 1. The lowest BCUT2D eigenvalue weighted by Crippen LogP contribution is -2.45. The monoisotopic (exact) mass is 218 g/mol. The smallest absolute Gasteiger partial charge is 0.116 e. The van der Waals surface area contributed by atoms with Gasteiger partial charge in [0, 0.05) is 24.7 Å². The van der Waals surface area contributed by atoms with E-state index in [4.69, 9.17) is 0 Å². The minimum atomic E-state index is 0.164. The summed E-state index contributed by atoms with van der Waals surface area (Å²) in [7, 11) is 4.33. The Kier molecular flexibility index (Phi) is 1.82. The molecular weight excluding hydrogens is 200 g/mol. The van der Waals surface area contributed by atoms with Gasteiger partial charge in [0.1, 0.15) is 5.75 Å². The molecular formula is C13H18N2O. The molecule has 1 saturated heterocycles. The van der Waals surface area contributed by atoms with Gasteiger partial charge in [-0.15, -0.1) is 0 Å². The molecule has 1 fully saturated rings. The molecule has 3 rings (SSSR count). The van der Waals surface area contributed by atoms with Crippen LogP contribution in [0, 0.1) is 0 Å². The van der Waals surface area contributed by atoms with Crippen LogP contribution in [0.1, 0.15) is 18.9 Å². The number of likely N-dealkylation sites (N-methyl/N-ethyl adjacent to an activating group) is 2. The van der Waals surface area contributed by atoms with Gasteiger partial charge in [-0.25, -0.2) is 0 Å². The third kappa shape index (κ3) is 1.02. The summed E-state index contributed by atoms with van der Waals surface area (Å²) in [5.41, 5.74) is 2.72. The van der Waals surface area contributed by atoms with Crippen LogP contribution in [0.5, 0.6) is 5.75 Å². The highest BCUT2D eigenvalue weighted by Crippen LogP contribution is 2.51. The molecule has 2 atom stereocenters. The van der Waals surface area contributed by atoms with Crippen LogP contribution in [0.15, 0.2) is 18.2 Å². The number of nitrogens with zero attached hydrogens (tertiary/aromatic N) is 2. The zero-order valence-electron chi connectivity index (χ0n) is 10.1. The van der Waals surface area contributed by atoms with E-state index in [1.807, 2.05) is 12.1 Å². The molecule has 1 aromatic rings. The number of hydrogen-bond acceptors (Lipinski definition) is 3. The summed E-state index contributed by atoms with van der Waals surface area (Å²) in [5.74, 6) is 0.378. The van der Waals surface area contributed by atoms with Crippen LogP contribution in [0.3, 0.4) is 0 Å². The van der Waals surface area contributed by atoms with E-state index >= 15 is 0 Å². The van der Waals surface area contributed by atoms with E-state index in [0.717, 1.165) is 13.0 Å². The quantitative estimate of drug-likeness (QED) is 0.719. The van der Waals surface area contributed by atoms with E-state index in [0.29, 0.717) is 11.9 Å². The van der Waals surface area contributed by atoms with Crippen molar-refractivity contribution >= 4 is 5.69 Å². The molecule has 86 valence electrons. The largest absolute Gasteiger partial charge is 0.508 e. The lowest BCUT2D eigenvalue weighted by atomic mass is 9.81. The Labute approximate surface area is 96.3 Å². The Bertz CT molecular complexity index is 446. The van der Waals surface area contributed by atoms with Crippen molar-refractivity contribution in [3.8, 4) is 5.75 Å². The summed E-state index contributed by atoms with van der Waals surface area (Å²) < 4.78 is 0. The fraction of sp³-hybridized carbons (Fsp3) is 0.538. The van der Waals surface area contributed by atoms with Crippen LogP contribution in [0.4, 0.5) is 5.69 Å². The van der Waals surface area contributed by atoms with Gasteiger partial charge in [0.2, 0.25) is 0 Å². The molecule has 16 heavy (non-hydrogen) atoms. The zero-order valence-corrected chi connectivity index (χ0v) is 10.1. The maximum Gasteiger partial charge on any atom is 0.116 e. The first kappa shape index (κ1) is 9.97. The average molecular weight is 218 g/mol. The van der Waals surface area contributed by atoms with Crippen molar-refractivity contribution in [1.29, 1.82) is 0 Å². The molecule has 3 nitrogen and oxygen atoms in total. The molecule has 2 aliphatic heterocycles. The summed E-state index contributed by atoms with van der Waals surface area (Å²) in [4.78, 5) is 4.73. The van der Waals surface area contributed by atoms with Crippen molar-refractivity contribution in [3.63, 3.8) is 0 Å². The average Bonchev–Trinajstić information content (AvgIpc) is 2.65. The molecule has 0 aromatic heterocycles. The van der Waals surface area contributed by atoms with Gasteiger partial charge in [-0.2, -0.15) is 0 Å². The minimum Gasteiger partial charge on any atom is -0.508 e. The molecule has 0 spiro atoms. The molecule has 1 unspecified atom stereocenters. The number of benzene rings is 1. The number of fused-ring (bicyclic) bond motifs is 3. The van der Waals surface area contributed by atoms with Gasteiger partial charge in [-0.3, -0.25) is 4.90 Å². The Hall–Kier alpha value is -1.22. The van der Waals surface area contributed by atoms with E-state index in [1.54, 1.807) is 6.07 Å². The van der Waals surface area contributed by atoms with Crippen LogP contribution >= 0.6 is 0 Å². The fourth-order valence-corrected chi connectivity index (χ4v) is 3.56. The van der Waals surface area contributed by atoms with Crippen LogP contribution < -0.4 is 4.90 Å². The van der Waals surface area contributed by atoms with E-state index in [-0.39, 0.29) is 5.41 Å². The van der Waals surface area contributed by atoms with Gasteiger partial charge in [-0.05, 0) is 37.2 Å². The predicted molar refractivity (Wildman–Crippen MR) is 64.9 cm³/mol. The lowest BCUT2D eigenvalue weighted by Gasteiger charge is -2.32. The molecule has 3 heteroatoms. The first-order valence-corrected chi connectivity index (χ1v) is 5.80. The van der Waals surface area contributed by atoms with Gasteiger partial charge in [0.15, 0.2) is 0 Å². The van der Waals surface area contributed by atoms with Gasteiger partial charge >= 0.3 is 0 Å². The normalized spacial score (nSPS) is 32.9. The van der Waals surface area contributed by atoms with Gasteiger partial charge in [-0.1, -0.05) is 6.92 Å². The second-order valence-corrected chi connectivity index (χ2v) is 5.33.